The maximum absolute atomic E-state index is 12.0. The van der Waals surface area contributed by atoms with E-state index in [1.165, 1.54) is 11.4 Å². The van der Waals surface area contributed by atoms with Crippen LogP contribution in [0.15, 0.2) is 60.7 Å². The lowest BCUT2D eigenvalue weighted by molar-refractivity contribution is 0.483. The summed E-state index contributed by atoms with van der Waals surface area (Å²) in [5.41, 5.74) is 1.73. The second-order valence-electron chi connectivity index (χ2n) is 5.44. The second-order valence-corrected chi connectivity index (χ2v) is 7.45. The van der Waals surface area contributed by atoms with Crippen molar-refractivity contribution in [2.75, 3.05) is 17.6 Å². The minimum atomic E-state index is -3.45. The summed E-state index contributed by atoms with van der Waals surface area (Å²) in [5, 5.41) is 12.3. The van der Waals surface area contributed by atoms with Crippen molar-refractivity contribution in [1.82, 2.24) is 0 Å². The van der Waals surface area contributed by atoms with Gasteiger partial charge in [-0.1, -0.05) is 54.6 Å². The Bertz CT molecular complexity index is 966. The van der Waals surface area contributed by atoms with Crippen molar-refractivity contribution >= 4 is 26.5 Å². The Morgan fingerprint density at radius 3 is 2.22 bits per heavy atom. The van der Waals surface area contributed by atoms with Crippen LogP contribution in [-0.4, -0.2) is 26.8 Å². The van der Waals surface area contributed by atoms with Gasteiger partial charge in [-0.25, -0.2) is 8.42 Å². The first-order chi connectivity index (χ1) is 10.9. The van der Waals surface area contributed by atoms with Crippen LogP contribution in [0.4, 0.5) is 5.69 Å². The van der Waals surface area contributed by atoms with Crippen molar-refractivity contribution in [2.24, 2.45) is 0 Å². The van der Waals surface area contributed by atoms with Gasteiger partial charge in [-0.05, 0) is 17.0 Å². The van der Waals surface area contributed by atoms with E-state index in [-0.39, 0.29) is 5.75 Å². The second kappa shape index (κ2) is 5.59. The van der Waals surface area contributed by atoms with Crippen molar-refractivity contribution in [1.29, 1.82) is 0 Å². The zero-order valence-electron chi connectivity index (χ0n) is 12.9. The number of anilines is 1. The summed E-state index contributed by atoms with van der Waals surface area (Å²) in [6.45, 7) is 0. The van der Waals surface area contributed by atoms with Gasteiger partial charge in [0.2, 0.25) is 10.0 Å². The van der Waals surface area contributed by atoms with Crippen molar-refractivity contribution in [3.8, 4) is 16.9 Å². The third-order valence-corrected chi connectivity index (χ3v) is 5.09. The number of fused-ring (bicyclic) bond motifs is 1. The summed E-state index contributed by atoms with van der Waals surface area (Å²) >= 11 is 0. The molecule has 0 heterocycles. The molecule has 1 N–H and O–H groups in total. The van der Waals surface area contributed by atoms with E-state index in [4.69, 9.17) is 0 Å². The van der Waals surface area contributed by atoms with Gasteiger partial charge in [0.15, 0.2) is 0 Å². The summed E-state index contributed by atoms with van der Waals surface area (Å²) in [6, 6.07) is 18.4. The number of nitrogens with zero attached hydrogens (tertiary/aromatic N) is 1. The van der Waals surface area contributed by atoms with Crippen LogP contribution in [-0.2, 0) is 10.0 Å². The summed E-state index contributed by atoms with van der Waals surface area (Å²) in [6.07, 6.45) is 1.15. The molecule has 3 rings (SSSR count). The first kappa shape index (κ1) is 15.4. The van der Waals surface area contributed by atoms with Gasteiger partial charge in [-0.3, -0.25) is 4.31 Å². The molecule has 3 aromatic carbocycles. The van der Waals surface area contributed by atoms with Crippen molar-refractivity contribution < 1.29 is 13.5 Å². The highest BCUT2D eigenvalue weighted by atomic mass is 32.2. The third-order valence-electron chi connectivity index (χ3n) is 3.90. The number of rotatable bonds is 3. The van der Waals surface area contributed by atoms with Gasteiger partial charge >= 0.3 is 0 Å². The molecule has 3 aromatic rings. The quantitative estimate of drug-likeness (QED) is 0.799. The van der Waals surface area contributed by atoms with E-state index in [1.54, 1.807) is 6.07 Å². The maximum atomic E-state index is 12.0. The van der Waals surface area contributed by atoms with Gasteiger partial charge < -0.3 is 5.11 Å². The van der Waals surface area contributed by atoms with E-state index in [1.807, 2.05) is 54.6 Å². The molecule has 0 radical (unpaired) electrons. The van der Waals surface area contributed by atoms with Crippen LogP contribution in [0.1, 0.15) is 0 Å². The molecule has 0 amide bonds. The number of hydrogen-bond acceptors (Lipinski definition) is 3. The number of aromatic hydroxyl groups is 1. The highest BCUT2D eigenvalue weighted by Gasteiger charge is 2.21. The van der Waals surface area contributed by atoms with Gasteiger partial charge in [-0.2, -0.15) is 0 Å². The lowest BCUT2D eigenvalue weighted by Crippen LogP contribution is -2.25. The molecule has 0 aliphatic heterocycles. The molecule has 0 aliphatic carbocycles. The SMILES string of the molecule is CN(c1cc2ccccc2c(O)c1-c1ccccc1)S(C)(=O)=O. The number of hydrogen-bond donors (Lipinski definition) is 1. The van der Waals surface area contributed by atoms with Crippen LogP contribution in [0, 0.1) is 0 Å². The number of phenolic OH excluding ortho intramolecular Hbond substituents is 1. The molecule has 0 bridgehead atoms. The van der Waals surface area contributed by atoms with Crippen LogP contribution >= 0.6 is 0 Å². The zero-order chi connectivity index (χ0) is 16.6. The lowest BCUT2D eigenvalue weighted by Gasteiger charge is -2.22. The molecule has 0 aliphatic rings. The minimum absolute atomic E-state index is 0.0831. The van der Waals surface area contributed by atoms with Gasteiger partial charge in [0, 0.05) is 18.0 Å². The van der Waals surface area contributed by atoms with Gasteiger partial charge in [-0.15, -0.1) is 0 Å². The van der Waals surface area contributed by atoms with Crippen LogP contribution in [0.5, 0.6) is 5.75 Å². The van der Waals surface area contributed by atoms with Crippen LogP contribution < -0.4 is 4.31 Å². The Labute approximate surface area is 135 Å². The van der Waals surface area contributed by atoms with Crippen LogP contribution in [0.3, 0.4) is 0 Å². The van der Waals surface area contributed by atoms with Crippen LogP contribution in [0.2, 0.25) is 0 Å². The van der Waals surface area contributed by atoms with E-state index in [0.29, 0.717) is 16.6 Å². The molecule has 0 fully saturated rings. The van der Waals surface area contributed by atoms with E-state index in [9.17, 15) is 13.5 Å². The Kier molecular flexibility index (Phi) is 3.74. The molecule has 0 saturated heterocycles. The van der Waals surface area contributed by atoms with E-state index in [0.717, 1.165) is 17.2 Å². The average molecular weight is 327 g/mol. The van der Waals surface area contributed by atoms with Gasteiger partial charge in [0.25, 0.3) is 0 Å². The average Bonchev–Trinajstić information content (AvgIpc) is 2.54. The fourth-order valence-electron chi connectivity index (χ4n) is 2.63. The Balaban J connectivity index is 2.41. The smallest absolute Gasteiger partial charge is 0.232 e. The molecule has 0 saturated carbocycles. The fourth-order valence-corrected chi connectivity index (χ4v) is 3.13. The summed E-state index contributed by atoms with van der Waals surface area (Å²) in [5.74, 6) is 0.0831. The normalized spacial score (nSPS) is 11.6. The molecule has 0 unspecified atom stereocenters. The summed E-state index contributed by atoms with van der Waals surface area (Å²) in [7, 11) is -1.96. The van der Waals surface area contributed by atoms with Gasteiger partial charge in [0.1, 0.15) is 5.75 Å². The molecule has 23 heavy (non-hydrogen) atoms. The Hall–Kier alpha value is -2.53. The van der Waals surface area contributed by atoms with E-state index >= 15 is 0 Å². The largest absolute Gasteiger partial charge is 0.507 e. The maximum Gasteiger partial charge on any atom is 0.232 e. The van der Waals surface area contributed by atoms with Gasteiger partial charge in [0.05, 0.1) is 11.9 Å². The number of sulfonamides is 1. The van der Waals surface area contributed by atoms with Crippen LogP contribution in [0.25, 0.3) is 21.9 Å². The van der Waals surface area contributed by atoms with E-state index < -0.39 is 10.0 Å². The Morgan fingerprint density at radius 1 is 0.957 bits per heavy atom. The predicted octanol–water partition coefficient (Wildman–Crippen LogP) is 3.61. The molecule has 4 nitrogen and oxygen atoms in total. The molecule has 0 spiro atoms. The standard InChI is InChI=1S/C18H17NO3S/c1-19(23(2,21)22)16-12-14-10-6-7-11-15(14)18(20)17(16)13-8-4-3-5-9-13/h3-12,20H,1-2H3. The molecule has 0 atom stereocenters. The topological polar surface area (TPSA) is 57.6 Å². The van der Waals surface area contributed by atoms with Crippen molar-refractivity contribution in [2.45, 2.75) is 0 Å². The highest BCUT2D eigenvalue weighted by Crippen LogP contribution is 2.43. The molecule has 5 heteroatoms. The first-order valence-corrected chi connectivity index (χ1v) is 8.98. The lowest BCUT2D eigenvalue weighted by atomic mass is 9.97. The molecule has 0 aromatic heterocycles. The fraction of sp³-hybridized carbons (Fsp3) is 0.111. The zero-order valence-corrected chi connectivity index (χ0v) is 13.7. The molecular weight excluding hydrogens is 310 g/mol. The number of phenols is 1. The third kappa shape index (κ3) is 2.75. The molecule has 118 valence electrons. The summed E-state index contributed by atoms with van der Waals surface area (Å²) < 4.78 is 25.2. The summed E-state index contributed by atoms with van der Waals surface area (Å²) in [4.78, 5) is 0. The van der Waals surface area contributed by atoms with E-state index in [2.05, 4.69) is 0 Å². The minimum Gasteiger partial charge on any atom is -0.507 e. The Morgan fingerprint density at radius 2 is 1.57 bits per heavy atom. The first-order valence-electron chi connectivity index (χ1n) is 7.13. The molecular formula is C18H17NO3S. The monoisotopic (exact) mass is 327 g/mol. The van der Waals surface area contributed by atoms with Crippen molar-refractivity contribution in [3.63, 3.8) is 0 Å². The highest BCUT2D eigenvalue weighted by molar-refractivity contribution is 7.92. The van der Waals surface area contributed by atoms with Crippen molar-refractivity contribution in [3.05, 3.63) is 60.7 Å². The predicted molar refractivity (Wildman–Crippen MR) is 94.3 cm³/mol. The number of benzene rings is 3.